The van der Waals surface area contributed by atoms with Gasteiger partial charge in [-0.2, -0.15) is 0 Å². The van der Waals surface area contributed by atoms with Gasteiger partial charge in [0.1, 0.15) is 5.83 Å². The van der Waals surface area contributed by atoms with Crippen LogP contribution in [0.1, 0.15) is 5.56 Å². The van der Waals surface area contributed by atoms with E-state index in [4.69, 9.17) is 0 Å². The van der Waals surface area contributed by atoms with Gasteiger partial charge in [0, 0.05) is 24.4 Å². The van der Waals surface area contributed by atoms with Crippen LogP contribution in [-0.4, -0.2) is 6.54 Å². The zero-order chi connectivity index (χ0) is 9.10. The van der Waals surface area contributed by atoms with E-state index in [9.17, 15) is 4.39 Å². The lowest BCUT2D eigenvalue weighted by Crippen LogP contribution is -2.13. The lowest BCUT2D eigenvalue weighted by Gasteiger charge is -2.11. The summed E-state index contributed by atoms with van der Waals surface area (Å²) in [6.07, 6.45) is 4.01. The number of halogens is 1. The summed E-state index contributed by atoms with van der Waals surface area (Å²) in [4.78, 5) is 0. The first-order chi connectivity index (χ1) is 6.38. The fourth-order valence-corrected chi connectivity index (χ4v) is 1.30. The van der Waals surface area contributed by atoms with Crippen molar-refractivity contribution >= 4 is 5.57 Å². The topological polar surface area (TPSA) is 12.0 Å². The second kappa shape index (κ2) is 3.44. The van der Waals surface area contributed by atoms with Crippen LogP contribution in [0.4, 0.5) is 4.39 Å². The van der Waals surface area contributed by atoms with Crippen LogP contribution in [-0.2, 0) is 0 Å². The molecule has 0 unspecified atom stereocenters. The van der Waals surface area contributed by atoms with Crippen LogP contribution >= 0.6 is 0 Å². The highest BCUT2D eigenvalue weighted by atomic mass is 19.1. The molecule has 1 heterocycles. The maximum absolute atomic E-state index is 13.2. The van der Waals surface area contributed by atoms with Gasteiger partial charge in [0.25, 0.3) is 0 Å². The van der Waals surface area contributed by atoms with Crippen LogP contribution in [0.2, 0.25) is 0 Å². The molecule has 13 heavy (non-hydrogen) atoms. The van der Waals surface area contributed by atoms with Crippen molar-refractivity contribution in [2.24, 2.45) is 0 Å². The van der Waals surface area contributed by atoms with E-state index in [0.717, 1.165) is 5.56 Å². The van der Waals surface area contributed by atoms with Gasteiger partial charge >= 0.3 is 0 Å². The SMILES string of the molecule is FC1=C(c2ccccc2)CNC=[C]1. The summed E-state index contributed by atoms with van der Waals surface area (Å²) in [5.74, 6) is -0.273. The van der Waals surface area contributed by atoms with E-state index in [0.29, 0.717) is 12.1 Å². The van der Waals surface area contributed by atoms with Gasteiger partial charge in [-0.3, -0.25) is 0 Å². The lowest BCUT2D eigenvalue weighted by atomic mass is 10.0. The maximum atomic E-state index is 13.2. The number of allylic oxidation sites excluding steroid dienone is 2. The third-order valence-electron chi connectivity index (χ3n) is 1.97. The van der Waals surface area contributed by atoms with Crippen LogP contribution in [0.15, 0.2) is 42.4 Å². The van der Waals surface area contributed by atoms with Crippen molar-refractivity contribution in [2.45, 2.75) is 0 Å². The Labute approximate surface area is 76.6 Å². The molecule has 0 saturated heterocycles. The molecule has 0 aromatic heterocycles. The highest BCUT2D eigenvalue weighted by Gasteiger charge is 2.09. The molecule has 0 aliphatic carbocycles. The summed E-state index contributed by atoms with van der Waals surface area (Å²) in [5.41, 5.74) is 1.58. The van der Waals surface area contributed by atoms with E-state index in [2.05, 4.69) is 11.4 Å². The van der Waals surface area contributed by atoms with Crippen molar-refractivity contribution < 1.29 is 4.39 Å². The first kappa shape index (κ1) is 8.05. The molecule has 65 valence electrons. The Morgan fingerprint density at radius 2 is 2.00 bits per heavy atom. The molecule has 1 N–H and O–H groups in total. The summed E-state index contributed by atoms with van der Waals surface area (Å²) < 4.78 is 13.2. The Hall–Kier alpha value is -1.57. The average molecular weight is 174 g/mol. The quantitative estimate of drug-likeness (QED) is 0.688. The normalized spacial score (nSPS) is 15.8. The summed E-state index contributed by atoms with van der Waals surface area (Å²) >= 11 is 0. The summed E-state index contributed by atoms with van der Waals surface area (Å²) in [5, 5.41) is 2.93. The van der Waals surface area contributed by atoms with Gasteiger partial charge in [-0.05, 0) is 5.56 Å². The van der Waals surface area contributed by atoms with E-state index in [-0.39, 0.29) is 5.83 Å². The van der Waals surface area contributed by atoms with Crippen LogP contribution in [0, 0.1) is 6.08 Å². The van der Waals surface area contributed by atoms with Gasteiger partial charge in [0.15, 0.2) is 0 Å². The molecular formula is C11H9FN. The number of dihydropyridines is 1. The molecule has 1 aromatic carbocycles. The Balaban J connectivity index is 2.41. The Morgan fingerprint density at radius 3 is 2.69 bits per heavy atom. The summed E-state index contributed by atoms with van der Waals surface area (Å²) in [6, 6.07) is 9.49. The molecule has 1 nitrogen and oxygen atoms in total. The molecule has 0 fully saturated rings. The molecule has 2 rings (SSSR count). The highest BCUT2D eigenvalue weighted by molar-refractivity contribution is 5.70. The van der Waals surface area contributed by atoms with Crippen LogP contribution < -0.4 is 5.32 Å². The number of rotatable bonds is 1. The number of hydrogen-bond donors (Lipinski definition) is 1. The molecule has 1 aliphatic heterocycles. The van der Waals surface area contributed by atoms with Crippen LogP contribution in [0.25, 0.3) is 5.57 Å². The Kier molecular flexibility index (Phi) is 2.13. The Morgan fingerprint density at radius 1 is 1.23 bits per heavy atom. The molecule has 1 radical (unpaired) electrons. The van der Waals surface area contributed by atoms with E-state index in [1.165, 1.54) is 6.20 Å². The predicted octanol–water partition coefficient (Wildman–Crippen LogP) is 2.29. The maximum Gasteiger partial charge on any atom is 0.138 e. The number of hydrogen-bond acceptors (Lipinski definition) is 1. The smallest absolute Gasteiger partial charge is 0.138 e. The molecule has 1 aliphatic rings. The van der Waals surface area contributed by atoms with Crippen molar-refractivity contribution in [1.82, 2.24) is 5.32 Å². The first-order valence-electron chi connectivity index (χ1n) is 4.13. The van der Waals surface area contributed by atoms with Crippen molar-refractivity contribution in [1.29, 1.82) is 0 Å². The van der Waals surface area contributed by atoms with E-state index in [1.54, 1.807) is 0 Å². The van der Waals surface area contributed by atoms with Gasteiger partial charge < -0.3 is 5.32 Å². The highest BCUT2D eigenvalue weighted by Crippen LogP contribution is 2.21. The van der Waals surface area contributed by atoms with Crippen LogP contribution in [0.5, 0.6) is 0 Å². The van der Waals surface area contributed by atoms with Gasteiger partial charge in [-0.1, -0.05) is 30.3 Å². The zero-order valence-electron chi connectivity index (χ0n) is 7.05. The van der Waals surface area contributed by atoms with Gasteiger partial charge in [-0.25, -0.2) is 4.39 Å². The standard InChI is InChI=1S/C11H9FN/c12-11-6-7-13-8-10(11)9-4-2-1-3-5-9/h1-5,7,13H,8H2. The van der Waals surface area contributed by atoms with Gasteiger partial charge in [0.05, 0.1) is 0 Å². The zero-order valence-corrected chi connectivity index (χ0v) is 7.05. The molecular weight excluding hydrogens is 165 g/mol. The van der Waals surface area contributed by atoms with Crippen molar-refractivity contribution in [2.75, 3.05) is 6.54 Å². The van der Waals surface area contributed by atoms with E-state index >= 15 is 0 Å². The largest absolute Gasteiger partial charge is 0.386 e. The summed E-state index contributed by atoms with van der Waals surface area (Å²) in [6.45, 7) is 0.531. The number of nitrogens with one attached hydrogen (secondary N) is 1. The molecule has 2 heteroatoms. The molecule has 1 aromatic rings. The monoisotopic (exact) mass is 174 g/mol. The third-order valence-corrected chi connectivity index (χ3v) is 1.97. The fourth-order valence-electron chi connectivity index (χ4n) is 1.30. The van der Waals surface area contributed by atoms with Crippen molar-refractivity contribution in [3.63, 3.8) is 0 Å². The Bertz CT molecular complexity index is 352. The minimum Gasteiger partial charge on any atom is -0.386 e. The second-order valence-electron chi connectivity index (χ2n) is 2.83. The van der Waals surface area contributed by atoms with E-state index < -0.39 is 0 Å². The van der Waals surface area contributed by atoms with Crippen molar-refractivity contribution in [3.8, 4) is 0 Å². The second-order valence-corrected chi connectivity index (χ2v) is 2.83. The molecule has 0 atom stereocenters. The minimum atomic E-state index is -0.273. The fraction of sp³-hybridized carbons (Fsp3) is 0.0909. The van der Waals surface area contributed by atoms with E-state index in [1.807, 2.05) is 30.3 Å². The molecule has 0 spiro atoms. The minimum absolute atomic E-state index is 0.273. The van der Waals surface area contributed by atoms with Crippen molar-refractivity contribution in [3.05, 3.63) is 54.0 Å². The molecule has 0 bridgehead atoms. The predicted molar refractivity (Wildman–Crippen MR) is 50.3 cm³/mol. The number of benzene rings is 1. The van der Waals surface area contributed by atoms with Gasteiger partial charge in [-0.15, -0.1) is 0 Å². The first-order valence-corrected chi connectivity index (χ1v) is 4.13. The average Bonchev–Trinajstić information content (AvgIpc) is 2.20. The van der Waals surface area contributed by atoms with Crippen LogP contribution in [0.3, 0.4) is 0 Å². The molecule has 0 amide bonds. The van der Waals surface area contributed by atoms with Gasteiger partial charge in [0.2, 0.25) is 0 Å². The lowest BCUT2D eigenvalue weighted by molar-refractivity contribution is 0.650. The molecule has 0 saturated carbocycles. The third kappa shape index (κ3) is 1.61. The summed E-state index contributed by atoms with van der Waals surface area (Å²) in [7, 11) is 0.